The van der Waals surface area contributed by atoms with Crippen LogP contribution < -0.4 is 0 Å². The molecule has 2 aromatic carbocycles. The highest BCUT2D eigenvalue weighted by Gasteiger charge is 2.12. The number of hydrogen-bond acceptors (Lipinski definition) is 2. The van der Waals surface area contributed by atoms with Gasteiger partial charge >= 0.3 is 0 Å². The summed E-state index contributed by atoms with van der Waals surface area (Å²) in [5.74, 6) is -0.789. The largest absolute Gasteiger partial charge is 0.306 e. The number of pyridine rings is 1. The number of nitrogens with zero attached hydrogens (tertiary/aromatic N) is 1. The molecule has 0 radical (unpaired) electrons. The van der Waals surface area contributed by atoms with Crippen LogP contribution in [0.4, 0.5) is 4.39 Å². The summed E-state index contributed by atoms with van der Waals surface area (Å²) < 4.78 is 34.1. The third-order valence-electron chi connectivity index (χ3n) is 3.69. The third kappa shape index (κ3) is 4.07. The lowest BCUT2D eigenvalue weighted by Gasteiger charge is -2.11. The minimum absolute atomic E-state index is 0.185. The van der Waals surface area contributed by atoms with Crippen molar-refractivity contribution < 1.29 is 13.2 Å². The molecule has 3 rings (SSSR count). The van der Waals surface area contributed by atoms with Gasteiger partial charge in [0, 0.05) is 23.5 Å². The first kappa shape index (κ1) is 18.0. The van der Waals surface area contributed by atoms with Gasteiger partial charge < -0.3 is 4.55 Å². The number of aromatic nitrogens is 1. The summed E-state index contributed by atoms with van der Waals surface area (Å²) in [7, 11) is 0. The standard InChI is InChI=1S/C18H12Cl2FNO2S/c19-16-4-3-11(7-17(16)20)14-5-6-22-9-15(14)12-1-2-13(10-25(23)24)18(21)8-12/h1-9H,10H2,(H,23,24). The Hall–Kier alpha value is -1.79. The maximum absolute atomic E-state index is 14.2. The van der Waals surface area contributed by atoms with Crippen molar-refractivity contribution in [1.29, 1.82) is 0 Å². The van der Waals surface area contributed by atoms with Crippen molar-refractivity contribution in [3.05, 3.63) is 76.3 Å². The molecule has 0 spiro atoms. The van der Waals surface area contributed by atoms with Gasteiger partial charge in [0.15, 0.2) is 11.1 Å². The monoisotopic (exact) mass is 395 g/mol. The van der Waals surface area contributed by atoms with E-state index < -0.39 is 16.9 Å². The average molecular weight is 396 g/mol. The van der Waals surface area contributed by atoms with Crippen LogP contribution in [0.3, 0.4) is 0 Å². The van der Waals surface area contributed by atoms with Gasteiger partial charge in [-0.15, -0.1) is 0 Å². The van der Waals surface area contributed by atoms with Gasteiger partial charge in [0.2, 0.25) is 0 Å². The normalized spacial score (nSPS) is 12.2. The first-order chi connectivity index (χ1) is 12.0. The van der Waals surface area contributed by atoms with E-state index in [-0.39, 0.29) is 11.3 Å². The summed E-state index contributed by atoms with van der Waals surface area (Å²) in [5, 5.41) is 0.877. The van der Waals surface area contributed by atoms with Crippen LogP contribution in [-0.4, -0.2) is 13.7 Å². The highest BCUT2D eigenvalue weighted by Crippen LogP contribution is 2.35. The summed E-state index contributed by atoms with van der Waals surface area (Å²) >= 11 is 9.97. The molecule has 0 amide bonds. The number of benzene rings is 2. The third-order valence-corrected chi connectivity index (χ3v) is 4.99. The predicted molar refractivity (Wildman–Crippen MR) is 99.6 cm³/mol. The van der Waals surface area contributed by atoms with Gasteiger partial charge in [0.05, 0.1) is 15.8 Å². The topological polar surface area (TPSA) is 50.2 Å². The molecule has 25 heavy (non-hydrogen) atoms. The van der Waals surface area contributed by atoms with Gasteiger partial charge in [-0.25, -0.2) is 8.60 Å². The van der Waals surface area contributed by atoms with Crippen LogP contribution in [0.25, 0.3) is 22.3 Å². The molecular formula is C18H12Cl2FNO2S. The molecule has 1 unspecified atom stereocenters. The Kier molecular flexibility index (Phi) is 5.49. The van der Waals surface area contributed by atoms with Gasteiger partial charge in [0.25, 0.3) is 0 Å². The second-order valence-electron chi connectivity index (χ2n) is 5.32. The molecule has 1 atom stereocenters. The Morgan fingerprint density at radius 1 is 1.00 bits per heavy atom. The molecule has 3 aromatic rings. The minimum Gasteiger partial charge on any atom is -0.306 e. The zero-order chi connectivity index (χ0) is 18.0. The fraction of sp³-hybridized carbons (Fsp3) is 0.0556. The second-order valence-corrected chi connectivity index (χ2v) is 7.07. The minimum atomic E-state index is -2.10. The Labute approximate surface area is 156 Å². The average Bonchev–Trinajstić information content (AvgIpc) is 2.59. The van der Waals surface area contributed by atoms with E-state index in [0.29, 0.717) is 15.6 Å². The number of halogens is 3. The molecule has 0 aliphatic rings. The Bertz CT molecular complexity index is 966. The lowest BCUT2D eigenvalue weighted by molar-refractivity contribution is 0.559. The molecule has 7 heteroatoms. The van der Waals surface area contributed by atoms with E-state index in [9.17, 15) is 8.60 Å². The van der Waals surface area contributed by atoms with Crippen molar-refractivity contribution >= 4 is 34.3 Å². The van der Waals surface area contributed by atoms with Crippen LogP contribution in [0.1, 0.15) is 5.56 Å². The van der Waals surface area contributed by atoms with E-state index in [1.54, 1.807) is 30.6 Å². The molecule has 0 bridgehead atoms. The smallest absolute Gasteiger partial charge is 0.157 e. The molecule has 1 heterocycles. The van der Waals surface area contributed by atoms with E-state index in [1.165, 1.54) is 12.1 Å². The SMILES string of the molecule is O=S(O)Cc1ccc(-c2cnccc2-c2ccc(Cl)c(Cl)c2)cc1F. The molecule has 0 saturated heterocycles. The molecule has 0 aliphatic heterocycles. The van der Waals surface area contributed by atoms with Crippen LogP contribution in [0.15, 0.2) is 54.9 Å². The molecule has 1 aromatic heterocycles. The van der Waals surface area contributed by atoms with Gasteiger partial charge in [0.1, 0.15) is 5.82 Å². The molecule has 1 N–H and O–H groups in total. The summed E-state index contributed by atoms with van der Waals surface area (Å²) in [6.45, 7) is 0. The molecule has 128 valence electrons. The summed E-state index contributed by atoms with van der Waals surface area (Å²) in [4.78, 5) is 4.12. The number of hydrogen-bond donors (Lipinski definition) is 1. The highest BCUT2D eigenvalue weighted by atomic mass is 35.5. The first-order valence-electron chi connectivity index (χ1n) is 7.21. The van der Waals surface area contributed by atoms with Crippen molar-refractivity contribution in [2.45, 2.75) is 5.75 Å². The van der Waals surface area contributed by atoms with Crippen molar-refractivity contribution in [3.63, 3.8) is 0 Å². The van der Waals surface area contributed by atoms with Gasteiger partial charge in [-0.05, 0) is 41.0 Å². The Balaban J connectivity index is 2.08. The van der Waals surface area contributed by atoms with Crippen LogP contribution in [0.2, 0.25) is 10.0 Å². The number of rotatable bonds is 4. The van der Waals surface area contributed by atoms with Crippen LogP contribution in [0, 0.1) is 5.82 Å². The van der Waals surface area contributed by atoms with E-state index in [2.05, 4.69) is 4.98 Å². The van der Waals surface area contributed by atoms with E-state index in [1.807, 2.05) is 12.1 Å². The zero-order valence-corrected chi connectivity index (χ0v) is 15.1. The van der Waals surface area contributed by atoms with Gasteiger partial charge in [-0.3, -0.25) is 4.98 Å². The molecule has 0 fully saturated rings. The molecule has 0 aliphatic carbocycles. The molecule has 0 saturated carbocycles. The van der Waals surface area contributed by atoms with E-state index >= 15 is 0 Å². The Morgan fingerprint density at radius 3 is 2.40 bits per heavy atom. The molecular weight excluding hydrogens is 384 g/mol. The Morgan fingerprint density at radius 2 is 1.72 bits per heavy atom. The van der Waals surface area contributed by atoms with Crippen molar-refractivity contribution in [1.82, 2.24) is 4.98 Å². The lowest BCUT2D eigenvalue weighted by Crippen LogP contribution is -1.97. The second kappa shape index (κ2) is 7.62. The maximum Gasteiger partial charge on any atom is 0.157 e. The van der Waals surface area contributed by atoms with E-state index in [0.717, 1.165) is 16.7 Å². The van der Waals surface area contributed by atoms with Crippen LogP contribution in [0.5, 0.6) is 0 Å². The zero-order valence-electron chi connectivity index (χ0n) is 12.7. The summed E-state index contributed by atoms with van der Waals surface area (Å²) in [5.41, 5.74) is 3.17. The van der Waals surface area contributed by atoms with Gasteiger partial charge in [-0.2, -0.15) is 0 Å². The van der Waals surface area contributed by atoms with Crippen LogP contribution >= 0.6 is 23.2 Å². The fourth-order valence-electron chi connectivity index (χ4n) is 2.50. The fourth-order valence-corrected chi connectivity index (χ4v) is 3.30. The summed E-state index contributed by atoms with van der Waals surface area (Å²) in [6, 6.07) is 11.6. The van der Waals surface area contributed by atoms with Crippen molar-refractivity contribution in [2.75, 3.05) is 0 Å². The lowest BCUT2D eigenvalue weighted by atomic mass is 9.96. The first-order valence-corrected chi connectivity index (χ1v) is 9.24. The quantitative estimate of drug-likeness (QED) is 0.586. The van der Waals surface area contributed by atoms with Crippen LogP contribution in [-0.2, 0) is 16.8 Å². The maximum atomic E-state index is 14.2. The summed E-state index contributed by atoms with van der Waals surface area (Å²) in [6.07, 6.45) is 3.28. The predicted octanol–water partition coefficient (Wildman–Crippen LogP) is 5.58. The van der Waals surface area contributed by atoms with Gasteiger partial charge in [-0.1, -0.05) is 41.4 Å². The van der Waals surface area contributed by atoms with E-state index in [4.69, 9.17) is 27.8 Å². The van der Waals surface area contributed by atoms with Crippen molar-refractivity contribution in [2.24, 2.45) is 0 Å². The molecule has 3 nitrogen and oxygen atoms in total. The highest BCUT2D eigenvalue weighted by molar-refractivity contribution is 7.78. The van der Waals surface area contributed by atoms with Crippen molar-refractivity contribution in [3.8, 4) is 22.3 Å².